The normalized spacial score (nSPS) is 10.1. The molecule has 0 atom stereocenters. The van der Waals surface area contributed by atoms with Crippen LogP contribution in [0.4, 0.5) is 5.69 Å². The van der Waals surface area contributed by atoms with E-state index in [4.69, 9.17) is 20.5 Å². The van der Waals surface area contributed by atoms with Gasteiger partial charge in [0.1, 0.15) is 11.8 Å². The van der Waals surface area contributed by atoms with Gasteiger partial charge >= 0.3 is 0 Å². The van der Waals surface area contributed by atoms with E-state index in [1.165, 1.54) is 7.11 Å². The highest BCUT2D eigenvalue weighted by atomic mass is 16.5. The molecule has 0 saturated heterocycles. The second kappa shape index (κ2) is 3.66. The number of fused-ring (bicyclic) bond motifs is 1. The number of methoxy groups -OCH3 is 2. The predicted molar refractivity (Wildman–Crippen MR) is 60.5 cm³/mol. The highest BCUT2D eigenvalue weighted by Crippen LogP contribution is 2.39. The summed E-state index contributed by atoms with van der Waals surface area (Å²) in [5, 5.41) is 9.56. The minimum atomic E-state index is 0.335. The van der Waals surface area contributed by atoms with Crippen LogP contribution in [0.15, 0.2) is 12.1 Å². The van der Waals surface area contributed by atoms with Crippen LogP contribution in [0.3, 0.4) is 0 Å². The number of anilines is 1. The van der Waals surface area contributed by atoms with E-state index in [2.05, 4.69) is 4.98 Å². The zero-order valence-electron chi connectivity index (χ0n) is 9.00. The fourth-order valence-electron chi connectivity index (χ4n) is 1.71. The molecule has 5 heteroatoms. The minimum Gasteiger partial charge on any atom is -0.493 e. The molecule has 1 aromatic heterocycles. The topological polar surface area (TPSA) is 84.1 Å². The van der Waals surface area contributed by atoms with Crippen molar-refractivity contribution in [1.82, 2.24) is 4.98 Å². The summed E-state index contributed by atoms with van der Waals surface area (Å²) in [6.45, 7) is 0. The van der Waals surface area contributed by atoms with Crippen molar-refractivity contribution in [2.24, 2.45) is 0 Å². The van der Waals surface area contributed by atoms with Crippen LogP contribution in [0, 0.1) is 11.3 Å². The smallest absolute Gasteiger partial charge is 0.172 e. The summed E-state index contributed by atoms with van der Waals surface area (Å²) in [7, 11) is 3.09. The lowest BCUT2D eigenvalue weighted by molar-refractivity contribution is 0.358. The number of rotatable bonds is 2. The van der Waals surface area contributed by atoms with Crippen LogP contribution in [-0.2, 0) is 0 Å². The number of nitrogens with one attached hydrogen (secondary N) is 1. The van der Waals surface area contributed by atoms with Crippen molar-refractivity contribution in [3.05, 3.63) is 17.8 Å². The molecule has 3 N–H and O–H groups in total. The van der Waals surface area contributed by atoms with Gasteiger partial charge in [0.2, 0.25) is 0 Å². The lowest BCUT2D eigenvalue weighted by atomic mass is 10.2. The number of nitrogens with zero attached hydrogens (tertiary/aromatic N) is 1. The molecule has 2 rings (SSSR count). The van der Waals surface area contributed by atoms with Crippen LogP contribution < -0.4 is 15.2 Å². The third kappa shape index (κ3) is 1.24. The summed E-state index contributed by atoms with van der Waals surface area (Å²) >= 11 is 0. The summed E-state index contributed by atoms with van der Waals surface area (Å²) < 4.78 is 10.4. The van der Waals surface area contributed by atoms with Crippen molar-refractivity contribution in [3.8, 4) is 17.6 Å². The Morgan fingerprint density at radius 2 is 2.06 bits per heavy atom. The van der Waals surface area contributed by atoms with E-state index >= 15 is 0 Å². The van der Waals surface area contributed by atoms with E-state index in [9.17, 15) is 0 Å². The van der Waals surface area contributed by atoms with Crippen molar-refractivity contribution in [3.63, 3.8) is 0 Å². The van der Waals surface area contributed by atoms with Gasteiger partial charge in [-0.1, -0.05) is 0 Å². The summed E-state index contributed by atoms with van der Waals surface area (Å²) in [5.41, 5.74) is 7.33. The van der Waals surface area contributed by atoms with E-state index in [-0.39, 0.29) is 0 Å². The second-order valence-electron chi connectivity index (χ2n) is 3.25. The molecule has 0 bridgehead atoms. The number of aromatic nitrogens is 1. The molecular weight excluding hydrogens is 206 g/mol. The maximum Gasteiger partial charge on any atom is 0.172 e. The first-order valence-electron chi connectivity index (χ1n) is 4.65. The van der Waals surface area contributed by atoms with Gasteiger partial charge in [-0.15, -0.1) is 0 Å². The number of ether oxygens (including phenoxy) is 2. The molecule has 2 aromatic rings. The number of nitrogen functional groups attached to an aromatic ring is 1. The number of nitriles is 1. The van der Waals surface area contributed by atoms with Crippen LogP contribution >= 0.6 is 0 Å². The number of hydrogen-bond donors (Lipinski definition) is 2. The van der Waals surface area contributed by atoms with Gasteiger partial charge in [-0.25, -0.2) is 0 Å². The summed E-state index contributed by atoms with van der Waals surface area (Å²) in [4.78, 5) is 2.92. The third-order valence-corrected chi connectivity index (χ3v) is 2.46. The minimum absolute atomic E-state index is 0.335. The van der Waals surface area contributed by atoms with Crippen molar-refractivity contribution >= 4 is 16.6 Å². The maximum atomic E-state index is 8.88. The van der Waals surface area contributed by atoms with Gasteiger partial charge in [-0.2, -0.15) is 5.26 Å². The van der Waals surface area contributed by atoms with Gasteiger partial charge in [0.05, 0.1) is 30.8 Å². The quantitative estimate of drug-likeness (QED) is 0.800. The third-order valence-electron chi connectivity index (χ3n) is 2.46. The standard InChI is InChI=1S/C11H11N3O2/c1-15-8-4-3-6-9(11(8)16-2)10(13)7(5-12)14-6/h3-4,14H,13H2,1-2H3. The summed E-state index contributed by atoms with van der Waals surface area (Å²) in [6, 6.07) is 5.56. The number of H-pyrrole nitrogens is 1. The second-order valence-corrected chi connectivity index (χ2v) is 3.25. The molecule has 1 heterocycles. The lowest BCUT2D eigenvalue weighted by Gasteiger charge is -2.08. The summed E-state index contributed by atoms with van der Waals surface area (Å²) in [6.07, 6.45) is 0. The van der Waals surface area contributed by atoms with Gasteiger partial charge in [0.15, 0.2) is 11.5 Å². The SMILES string of the molecule is COc1ccc2[nH]c(C#N)c(N)c2c1OC. The van der Waals surface area contributed by atoms with E-state index in [0.717, 1.165) is 5.52 Å². The Kier molecular flexibility index (Phi) is 2.33. The van der Waals surface area contributed by atoms with Crippen molar-refractivity contribution in [2.45, 2.75) is 0 Å². The van der Waals surface area contributed by atoms with E-state index in [1.54, 1.807) is 19.2 Å². The van der Waals surface area contributed by atoms with Crippen LogP contribution in [0.25, 0.3) is 10.9 Å². The zero-order valence-corrected chi connectivity index (χ0v) is 9.00. The molecule has 0 radical (unpaired) electrons. The Morgan fingerprint density at radius 3 is 2.62 bits per heavy atom. The molecule has 0 aliphatic rings. The van der Waals surface area contributed by atoms with Crippen LogP contribution in [0.1, 0.15) is 5.69 Å². The number of hydrogen-bond acceptors (Lipinski definition) is 4. The van der Waals surface area contributed by atoms with Crippen LogP contribution in [-0.4, -0.2) is 19.2 Å². The average Bonchev–Trinajstić information content (AvgIpc) is 2.65. The molecule has 5 nitrogen and oxygen atoms in total. The summed E-state index contributed by atoms with van der Waals surface area (Å²) in [5.74, 6) is 1.13. The molecular formula is C11H11N3O2. The first-order valence-corrected chi connectivity index (χ1v) is 4.65. The van der Waals surface area contributed by atoms with Crippen molar-refractivity contribution < 1.29 is 9.47 Å². The van der Waals surface area contributed by atoms with Crippen molar-refractivity contribution in [2.75, 3.05) is 20.0 Å². The Hall–Kier alpha value is -2.35. The van der Waals surface area contributed by atoms with E-state index in [1.807, 2.05) is 6.07 Å². The monoisotopic (exact) mass is 217 g/mol. The molecule has 0 saturated carbocycles. The molecule has 0 unspecified atom stereocenters. The molecule has 0 aliphatic carbocycles. The van der Waals surface area contributed by atoms with Crippen LogP contribution in [0.2, 0.25) is 0 Å². The first kappa shape index (κ1) is 10.2. The maximum absolute atomic E-state index is 8.88. The molecule has 0 aliphatic heterocycles. The van der Waals surface area contributed by atoms with Gasteiger partial charge in [0, 0.05) is 0 Å². The average molecular weight is 217 g/mol. The molecule has 0 spiro atoms. The first-order chi connectivity index (χ1) is 7.72. The molecule has 0 amide bonds. The Morgan fingerprint density at radius 1 is 1.31 bits per heavy atom. The Bertz CT molecular complexity index is 581. The zero-order chi connectivity index (χ0) is 11.7. The van der Waals surface area contributed by atoms with Crippen LogP contribution in [0.5, 0.6) is 11.5 Å². The molecule has 0 fully saturated rings. The fourth-order valence-corrected chi connectivity index (χ4v) is 1.71. The van der Waals surface area contributed by atoms with E-state index < -0.39 is 0 Å². The molecule has 16 heavy (non-hydrogen) atoms. The Balaban J connectivity index is 2.86. The van der Waals surface area contributed by atoms with Crippen molar-refractivity contribution in [1.29, 1.82) is 5.26 Å². The fraction of sp³-hybridized carbons (Fsp3) is 0.182. The van der Waals surface area contributed by atoms with Gasteiger partial charge < -0.3 is 20.2 Å². The number of aromatic amines is 1. The lowest BCUT2D eigenvalue weighted by Crippen LogP contribution is -1.92. The number of nitrogens with two attached hydrogens (primary N) is 1. The van der Waals surface area contributed by atoms with Gasteiger partial charge in [0.25, 0.3) is 0 Å². The van der Waals surface area contributed by atoms with Gasteiger partial charge in [-0.05, 0) is 12.1 Å². The Labute approximate surface area is 92.4 Å². The largest absolute Gasteiger partial charge is 0.493 e. The number of benzene rings is 1. The van der Waals surface area contributed by atoms with E-state index in [0.29, 0.717) is 28.3 Å². The molecule has 1 aromatic carbocycles. The molecule has 82 valence electrons. The predicted octanol–water partition coefficient (Wildman–Crippen LogP) is 1.64. The van der Waals surface area contributed by atoms with Gasteiger partial charge in [-0.3, -0.25) is 0 Å². The highest BCUT2D eigenvalue weighted by Gasteiger charge is 2.16. The highest BCUT2D eigenvalue weighted by molar-refractivity contribution is 6.00.